The van der Waals surface area contributed by atoms with E-state index in [1.54, 1.807) is 18.6 Å². The zero-order chi connectivity index (χ0) is 25.3. The van der Waals surface area contributed by atoms with Crippen LogP contribution in [0.3, 0.4) is 0 Å². The van der Waals surface area contributed by atoms with Gasteiger partial charge in [-0.3, -0.25) is 20.1 Å². The highest BCUT2D eigenvalue weighted by atomic mass is 15.2. The number of aromatic nitrogens is 8. The largest absolute Gasteiger partial charge is 0.337 e. The Morgan fingerprint density at radius 1 is 0.868 bits per heavy atom. The minimum Gasteiger partial charge on any atom is -0.337 e. The minimum absolute atomic E-state index is 0.638. The zero-order valence-corrected chi connectivity index (χ0v) is 20.9. The molecule has 6 heterocycles. The van der Waals surface area contributed by atoms with Crippen LogP contribution in [0.5, 0.6) is 0 Å². The highest BCUT2D eigenvalue weighted by Gasteiger charge is 2.17. The number of hydrogen-bond acceptors (Lipinski definition) is 7. The van der Waals surface area contributed by atoms with Crippen LogP contribution < -0.4 is 5.32 Å². The van der Waals surface area contributed by atoms with E-state index in [1.807, 2.05) is 36.8 Å². The Kier molecular flexibility index (Phi) is 5.82. The average Bonchev–Trinajstić information content (AvgIpc) is 3.73. The van der Waals surface area contributed by atoms with Gasteiger partial charge in [-0.15, -0.1) is 0 Å². The SMILES string of the molecule is c1cc(-c2nccc3[nH]c(-c4[nH]nc5ncc(-c6cncc(CNCC7CCCC7)c6)cc45)nc23)ccn1. The molecule has 0 unspecified atom stereocenters. The second-order valence-corrected chi connectivity index (χ2v) is 9.93. The van der Waals surface area contributed by atoms with Gasteiger partial charge in [0, 0.05) is 60.4 Å². The third-order valence-corrected chi connectivity index (χ3v) is 7.37. The van der Waals surface area contributed by atoms with E-state index in [9.17, 15) is 0 Å². The van der Waals surface area contributed by atoms with Crippen molar-refractivity contribution in [3.8, 4) is 33.9 Å². The predicted octanol–water partition coefficient (Wildman–Crippen LogP) is 5.30. The first-order valence-corrected chi connectivity index (χ1v) is 13.1. The molecule has 1 fully saturated rings. The van der Waals surface area contributed by atoms with Gasteiger partial charge >= 0.3 is 0 Å². The molecule has 9 heteroatoms. The highest BCUT2D eigenvalue weighted by molar-refractivity contribution is 5.96. The van der Waals surface area contributed by atoms with E-state index >= 15 is 0 Å². The summed E-state index contributed by atoms with van der Waals surface area (Å²) in [6.45, 7) is 1.89. The molecular weight excluding hydrogens is 474 g/mol. The third-order valence-electron chi connectivity index (χ3n) is 7.37. The molecule has 0 aromatic carbocycles. The van der Waals surface area contributed by atoms with E-state index in [-0.39, 0.29) is 0 Å². The van der Waals surface area contributed by atoms with Crippen molar-refractivity contribution in [2.45, 2.75) is 32.2 Å². The average molecular weight is 502 g/mol. The molecule has 0 atom stereocenters. The normalized spacial score (nSPS) is 14.1. The maximum absolute atomic E-state index is 4.91. The number of aromatic amines is 2. The van der Waals surface area contributed by atoms with E-state index in [1.165, 1.54) is 31.2 Å². The van der Waals surface area contributed by atoms with Crippen molar-refractivity contribution >= 4 is 22.1 Å². The van der Waals surface area contributed by atoms with Crippen LogP contribution in [0.4, 0.5) is 0 Å². The Hall–Kier alpha value is -4.50. The maximum atomic E-state index is 4.91. The van der Waals surface area contributed by atoms with Crippen molar-refractivity contribution in [2.75, 3.05) is 6.54 Å². The molecule has 9 nitrogen and oxygen atoms in total. The molecule has 1 saturated carbocycles. The van der Waals surface area contributed by atoms with Gasteiger partial charge in [-0.05, 0) is 61.2 Å². The molecular formula is C29H27N9. The molecule has 0 spiro atoms. The lowest BCUT2D eigenvalue weighted by Crippen LogP contribution is -2.20. The topological polar surface area (TPSA) is 121 Å². The lowest BCUT2D eigenvalue weighted by Gasteiger charge is -2.11. The number of H-pyrrole nitrogens is 2. The van der Waals surface area contributed by atoms with Crippen LogP contribution in [0.25, 0.3) is 56.0 Å². The molecule has 38 heavy (non-hydrogen) atoms. The Balaban J connectivity index is 1.20. The Morgan fingerprint density at radius 2 is 1.74 bits per heavy atom. The van der Waals surface area contributed by atoms with E-state index in [2.05, 4.69) is 52.6 Å². The van der Waals surface area contributed by atoms with Gasteiger partial charge in [-0.2, -0.15) is 5.10 Å². The predicted molar refractivity (Wildman–Crippen MR) is 147 cm³/mol. The quantitative estimate of drug-likeness (QED) is 0.271. The van der Waals surface area contributed by atoms with Crippen molar-refractivity contribution in [3.63, 3.8) is 0 Å². The molecule has 3 N–H and O–H groups in total. The molecule has 0 radical (unpaired) electrons. The molecule has 6 aromatic heterocycles. The second kappa shape index (κ2) is 9.75. The number of pyridine rings is 4. The van der Waals surface area contributed by atoms with Crippen LogP contribution in [0, 0.1) is 5.92 Å². The van der Waals surface area contributed by atoms with E-state index in [0.29, 0.717) is 11.5 Å². The number of imidazole rings is 1. The summed E-state index contributed by atoms with van der Waals surface area (Å²) in [7, 11) is 0. The standard InChI is InChI=1S/C29H27N9/c1-2-4-18(3-1)13-31-14-19-11-21(16-32-15-19)22-12-23-26(37-38-28(23)34-17-22)29-35-24-7-10-33-25(27(24)36-29)20-5-8-30-9-6-20/h5-12,15-18,31H,1-4,13-14H2,(H,35,36)(H,34,37,38). The zero-order valence-electron chi connectivity index (χ0n) is 20.9. The second-order valence-electron chi connectivity index (χ2n) is 9.93. The van der Waals surface area contributed by atoms with Crippen LogP contribution in [0.2, 0.25) is 0 Å². The smallest absolute Gasteiger partial charge is 0.181 e. The van der Waals surface area contributed by atoms with E-state index in [0.717, 1.165) is 63.5 Å². The van der Waals surface area contributed by atoms with Gasteiger partial charge in [0.05, 0.1) is 16.6 Å². The summed E-state index contributed by atoms with van der Waals surface area (Å²) in [5.74, 6) is 1.50. The number of fused-ring (bicyclic) bond motifs is 2. The van der Waals surface area contributed by atoms with E-state index < -0.39 is 0 Å². The Labute approximate surface area is 219 Å². The minimum atomic E-state index is 0.638. The molecule has 188 valence electrons. The first kappa shape index (κ1) is 22.7. The molecule has 0 amide bonds. The summed E-state index contributed by atoms with van der Waals surface area (Å²) in [5.41, 5.74) is 8.07. The Morgan fingerprint density at radius 3 is 2.63 bits per heavy atom. The van der Waals surface area contributed by atoms with Gasteiger partial charge < -0.3 is 10.3 Å². The first-order chi connectivity index (χ1) is 18.8. The molecule has 1 aliphatic carbocycles. The lowest BCUT2D eigenvalue weighted by atomic mass is 10.1. The number of nitrogens with zero attached hydrogens (tertiary/aromatic N) is 6. The van der Waals surface area contributed by atoms with Gasteiger partial charge in [-0.1, -0.05) is 12.8 Å². The summed E-state index contributed by atoms with van der Waals surface area (Å²) < 4.78 is 0. The fourth-order valence-electron chi connectivity index (χ4n) is 5.39. The molecule has 6 aromatic rings. The van der Waals surface area contributed by atoms with Crippen molar-refractivity contribution in [1.82, 2.24) is 45.4 Å². The molecule has 1 aliphatic rings. The summed E-state index contributed by atoms with van der Waals surface area (Å²) >= 11 is 0. The molecule has 0 aliphatic heterocycles. The number of hydrogen-bond donors (Lipinski definition) is 3. The van der Waals surface area contributed by atoms with Crippen molar-refractivity contribution in [2.24, 2.45) is 5.92 Å². The van der Waals surface area contributed by atoms with Crippen LogP contribution in [0.15, 0.2) is 67.5 Å². The summed E-state index contributed by atoms with van der Waals surface area (Å²) in [6.07, 6.45) is 16.4. The third kappa shape index (κ3) is 4.31. The number of rotatable bonds is 7. The van der Waals surface area contributed by atoms with Gasteiger partial charge in [0.2, 0.25) is 0 Å². The fraction of sp³-hybridized carbons (Fsp3) is 0.241. The van der Waals surface area contributed by atoms with Gasteiger partial charge in [0.15, 0.2) is 11.5 Å². The molecule has 0 bridgehead atoms. The summed E-state index contributed by atoms with van der Waals surface area (Å²) in [6, 6.07) is 10.1. The fourth-order valence-corrected chi connectivity index (χ4v) is 5.39. The first-order valence-electron chi connectivity index (χ1n) is 13.1. The molecule has 7 rings (SSSR count). The maximum Gasteiger partial charge on any atom is 0.181 e. The molecule has 0 saturated heterocycles. The van der Waals surface area contributed by atoms with Gasteiger partial charge in [0.25, 0.3) is 0 Å². The van der Waals surface area contributed by atoms with Crippen molar-refractivity contribution < 1.29 is 0 Å². The van der Waals surface area contributed by atoms with Crippen molar-refractivity contribution in [1.29, 1.82) is 0 Å². The van der Waals surface area contributed by atoms with E-state index in [4.69, 9.17) is 4.98 Å². The van der Waals surface area contributed by atoms with Gasteiger partial charge in [0.1, 0.15) is 11.2 Å². The van der Waals surface area contributed by atoms with Crippen molar-refractivity contribution in [3.05, 3.63) is 73.1 Å². The van der Waals surface area contributed by atoms with Gasteiger partial charge in [-0.25, -0.2) is 9.97 Å². The summed E-state index contributed by atoms with van der Waals surface area (Å²) in [4.78, 5) is 26.2. The number of nitrogens with one attached hydrogen (secondary N) is 3. The van der Waals surface area contributed by atoms with Crippen LogP contribution in [-0.2, 0) is 6.54 Å². The van der Waals surface area contributed by atoms with Crippen LogP contribution >= 0.6 is 0 Å². The highest BCUT2D eigenvalue weighted by Crippen LogP contribution is 2.31. The summed E-state index contributed by atoms with van der Waals surface area (Å²) in [5, 5.41) is 12.1. The monoisotopic (exact) mass is 501 g/mol. The van der Waals surface area contributed by atoms with Crippen LogP contribution in [-0.4, -0.2) is 46.6 Å². The lowest BCUT2D eigenvalue weighted by molar-refractivity contribution is 0.489. The van der Waals surface area contributed by atoms with Crippen LogP contribution in [0.1, 0.15) is 31.2 Å². The Bertz CT molecular complexity index is 1710.